The maximum atomic E-state index is 10.9. The predicted molar refractivity (Wildman–Crippen MR) is 50.4 cm³/mol. The first kappa shape index (κ1) is 10.1. The van der Waals surface area contributed by atoms with E-state index in [1.165, 1.54) is 31.2 Å². The lowest BCUT2D eigenvalue weighted by Crippen LogP contribution is -2.35. The van der Waals surface area contributed by atoms with Crippen molar-refractivity contribution in [2.24, 2.45) is 5.84 Å². The molecule has 0 unspecified atom stereocenters. The molecule has 1 aromatic rings. The van der Waals surface area contributed by atoms with E-state index in [1.54, 1.807) is 0 Å². The van der Waals surface area contributed by atoms with Crippen LogP contribution in [0.15, 0.2) is 24.3 Å². The molecule has 6 heteroatoms. The molecule has 0 bridgehead atoms. The highest BCUT2D eigenvalue weighted by atomic mass is 16.6. The van der Waals surface area contributed by atoms with Gasteiger partial charge < -0.3 is 0 Å². The topological polar surface area (TPSA) is 89.5 Å². The highest BCUT2D eigenvalue weighted by Crippen LogP contribution is 2.18. The number of anilines is 1. The molecule has 2 N–H and O–H groups in total. The number of amides is 1. The molecular formula is C8H9N3O3. The van der Waals surface area contributed by atoms with Gasteiger partial charge in [-0.2, -0.15) is 0 Å². The maximum absolute atomic E-state index is 10.9. The Morgan fingerprint density at radius 2 is 2.21 bits per heavy atom. The first-order valence-corrected chi connectivity index (χ1v) is 3.82. The van der Waals surface area contributed by atoms with Crippen LogP contribution in [0.5, 0.6) is 0 Å². The Hall–Kier alpha value is -1.95. The van der Waals surface area contributed by atoms with Gasteiger partial charge in [0, 0.05) is 19.1 Å². The largest absolute Gasteiger partial charge is 0.273 e. The maximum Gasteiger partial charge on any atom is 0.271 e. The van der Waals surface area contributed by atoms with E-state index in [-0.39, 0.29) is 11.6 Å². The van der Waals surface area contributed by atoms with Crippen LogP contribution in [0.4, 0.5) is 11.4 Å². The summed E-state index contributed by atoms with van der Waals surface area (Å²) >= 11 is 0. The summed E-state index contributed by atoms with van der Waals surface area (Å²) in [6.07, 6.45) is 0. The fourth-order valence-electron chi connectivity index (χ4n) is 0.938. The van der Waals surface area contributed by atoms with Crippen molar-refractivity contribution in [1.82, 2.24) is 0 Å². The van der Waals surface area contributed by atoms with E-state index in [4.69, 9.17) is 5.84 Å². The molecule has 14 heavy (non-hydrogen) atoms. The van der Waals surface area contributed by atoms with Gasteiger partial charge in [-0.05, 0) is 6.07 Å². The van der Waals surface area contributed by atoms with Crippen molar-refractivity contribution in [1.29, 1.82) is 0 Å². The Morgan fingerprint density at radius 1 is 1.57 bits per heavy atom. The minimum atomic E-state index is -0.544. The monoisotopic (exact) mass is 195 g/mol. The fraction of sp³-hybridized carbons (Fsp3) is 0.125. The Morgan fingerprint density at radius 3 is 2.71 bits per heavy atom. The summed E-state index contributed by atoms with van der Waals surface area (Å²) in [6, 6.07) is 5.56. The third-order valence-corrected chi connectivity index (χ3v) is 1.66. The second kappa shape index (κ2) is 3.84. The van der Waals surface area contributed by atoms with Gasteiger partial charge in [0.15, 0.2) is 0 Å². The van der Waals surface area contributed by atoms with E-state index in [9.17, 15) is 14.9 Å². The Bertz CT molecular complexity index is 378. The number of nitro benzene ring substituents is 1. The van der Waals surface area contributed by atoms with E-state index < -0.39 is 4.92 Å². The van der Waals surface area contributed by atoms with Crippen LogP contribution in [0.2, 0.25) is 0 Å². The minimum Gasteiger partial charge on any atom is -0.273 e. The molecule has 1 aromatic carbocycles. The van der Waals surface area contributed by atoms with Crippen LogP contribution in [-0.4, -0.2) is 10.8 Å². The first-order valence-electron chi connectivity index (χ1n) is 3.82. The van der Waals surface area contributed by atoms with E-state index in [2.05, 4.69) is 0 Å². The summed E-state index contributed by atoms with van der Waals surface area (Å²) in [5.74, 6) is 4.98. The summed E-state index contributed by atoms with van der Waals surface area (Å²) in [5.41, 5.74) is 0.200. The van der Waals surface area contributed by atoms with Crippen molar-refractivity contribution in [3.05, 3.63) is 34.4 Å². The summed E-state index contributed by atoms with van der Waals surface area (Å²) in [6.45, 7) is 1.28. The number of benzene rings is 1. The number of hydrazine groups is 1. The van der Waals surface area contributed by atoms with Gasteiger partial charge in [0.25, 0.3) is 5.69 Å². The average molecular weight is 195 g/mol. The van der Waals surface area contributed by atoms with E-state index >= 15 is 0 Å². The molecule has 0 saturated heterocycles. The molecule has 0 spiro atoms. The number of hydrogen-bond donors (Lipinski definition) is 1. The lowest BCUT2D eigenvalue weighted by molar-refractivity contribution is -0.384. The van der Waals surface area contributed by atoms with Gasteiger partial charge in [-0.25, -0.2) is 10.9 Å². The quantitative estimate of drug-likeness (QED) is 0.327. The molecule has 1 rings (SSSR count). The molecule has 0 heterocycles. The molecule has 0 saturated carbocycles. The number of nitro groups is 1. The van der Waals surface area contributed by atoms with Crippen LogP contribution >= 0.6 is 0 Å². The molecule has 0 atom stereocenters. The molecule has 0 radical (unpaired) electrons. The third kappa shape index (κ3) is 2.05. The zero-order chi connectivity index (χ0) is 10.7. The van der Waals surface area contributed by atoms with Gasteiger partial charge in [-0.1, -0.05) is 6.07 Å². The highest BCUT2D eigenvalue weighted by Gasteiger charge is 2.10. The van der Waals surface area contributed by atoms with Crippen molar-refractivity contribution in [2.45, 2.75) is 6.92 Å². The first-order chi connectivity index (χ1) is 6.52. The van der Waals surface area contributed by atoms with E-state index in [0.29, 0.717) is 5.69 Å². The summed E-state index contributed by atoms with van der Waals surface area (Å²) in [7, 11) is 0. The molecular weight excluding hydrogens is 186 g/mol. The van der Waals surface area contributed by atoms with Gasteiger partial charge in [-0.15, -0.1) is 0 Å². The van der Waals surface area contributed by atoms with Crippen LogP contribution in [0.1, 0.15) is 6.92 Å². The molecule has 6 nitrogen and oxygen atoms in total. The van der Waals surface area contributed by atoms with Crippen LogP contribution in [-0.2, 0) is 4.79 Å². The fourth-order valence-corrected chi connectivity index (χ4v) is 0.938. The number of carbonyl (C=O) groups excluding carboxylic acids is 1. The van der Waals surface area contributed by atoms with Gasteiger partial charge >= 0.3 is 0 Å². The number of rotatable bonds is 2. The summed E-state index contributed by atoms with van der Waals surface area (Å²) in [5, 5.41) is 11.3. The molecule has 0 aliphatic carbocycles. The molecule has 1 amide bonds. The molecule has 0 aliphatic rings. The van der Waals surface area contributed by atoms with E-state index in [1.807, 2.05) is 0 Å². The zero-order valence-corrected chi connectivity index (χ0v) is 7.51. The third-order valence-electron chi connectivity index (χ3n) is 1.66. The number of nitrogens with zero attached hydrogens (tertiary/aromatic N) is 2. The van der Waals surface area contributed by atoms with Crippen LogP contribution < -0.4 is 10.9 Å². The number of nitrogens with two attached hydrogens (primary N) is 1. The summed E-state index contributed by atoms with van der Waals surface area (Å²) < 4.78 is 0. The zero-order valence-electron chi connectivity index (χ0n) is 7.51. The van der Waals surface area contributed by atoms with Crippen molar-refractivity contribution in [3.8, 4) is 0 Å². The molecule has 74 valence electrons. The smallest absolute Gasteiger partial charge is 0.271 e. The lowest BCUT2D eigenvalue weighted by atomic mass is 10.3. The van der Waals surface area contributed by atoms with Crippen molar-refractivity contribution >= 4 is 17.3 Å². The number of hydrogen-bond acceptors (Lipinski definition) is 4. The van der Waals surface area contributed by atoms with Crippen LogP contribution in [0.3, 0.4) is 0 Å². The van der Waals surface area contributed by atoms with Gasteiger partial charge in [-0.3, -0.25) is 14.9 Å². The highest BCUT2D eigenvalue weighted by molar-refractivity contribution is 5.90. The standard InChI is InChI=1S/C8H9N3O3/c1-6(12)10(9)7-3-2-4-8(5-7)11(13)14/h2-5H,9H2,1H3. The normalized spacial score (nSPS) is 9.57. The Kier molecular flexibility index (Phi) is 2.78. The Labute approximate surface area is 80.0 Å². The van der Waals surface area contributed by atoms with Crippen LogP contribution in [0, 0.1) is 10.1 Å². The lowest BCUT2D eigenvalue weighted by Gasteiger charge is -2.13. The second-order valence-electron chi connectivity index (χ2n) is 2.67. The van der Waals surface area contributed by atoms with Gasteiger partial charge in [0.1, 0.15) is 0 Å². The second-order valence-corrected chi connectivity index (χ2v) is 2.67. The molecule has 0 aromatic heterocycles. The average Bonchev–Trinajstić information content (AvgIpc) is 2.16. The van der Waals surface area contributed by atoms with Gasteiger partial charge in [0.2, 0.25) is 5.91 Å². The summed E-state index contributed by atoms with van der Waals surface area (Å²) in [4.78, 5) is 20.7. The van der Waals surface area contributed by atoms with Crippen molar-refractivity contribution in [2.75, 3.05) is 5.01 Å². The van der Waals surface area contributed by atoms with Gasteiger partial charge in [0.05, 0.1) is 10.6 Å². The van der Waals surface area contributed by atoms with E-state index in [0.717, 1.165) is 5.01 Å². The number of non-ortho nitro benzene ring substituents is 1. The predicted octanol–water partition coefficient (Wildman–Crippen LogP) is 0.821. The molecule has 0 aliphatic heterocycles. The van der Waals surface area contributed by atoms with Crippen LogP contribution in [0.25, 0.3) is 0 Å². The molecule has 0 fully saturated rings. The van der Waals surface area contributed by atoms with Crippen molar-refractivity contribution < 1.29 is 9.72 Å². The SMILES string of the molecule is CC(=O)N(N)c1cccc([N+](=O)[O-])c1. The Balaban J connectivity index is 3.05. The van der Waals surface area contributed by atoms with Crippen molar-refractivity contribution in [3.63, 3.8) is 0 Å². The number of carbonyl (C=O) groups is 1. The minimum absolute atomic E-state index is 0.0980.